The van der Waals surface area contributed by atoms with E-state index in [0.29, 0.717) is 53.4 Å². The van der Waals surface area contributed by atoms with Gasteiger partial charge < -0.3 is 9.63 Å². The first-order valence-corrected chi connectivity index (χ1v) is 14.6. The maximum atomic E-state index is 12.8. The van der Waals surface area contributed by atoms with Crippen molar-refractivity contribution in [3.05, 3.63) is 65.0 Å². The fraction of sp³-hybridized carbons (Fsp3) is 0.469. The third kappa shape index (κ3) is 7.64. The molecule has 8 nitrogen and oxygen atoms in total. The summed E-state index contributed by atoms with van der Waals surface area (Å²) in [6, 6.07) is 12.5. The highest BCUT2D eigenvalue weighted by atomic mass is 16.5. The monoisotopic (exact) mass is 545 g/mol. The zero-order valence-corrected chi connectivity index (χ0v) is 23.4. The van der Waals surface area contributed by atoms with Crippen LogP contribution in [0.4, 0.5) is 5.69 Å². The number of nitrogens with zero attached hydrogens (tertiary/aromatic N) is 3. The number of carboxylic acids is 1. The number of aryl methyl sites for hydroxylation is 1. The Labute approximate surface area is 235 Å². The van der Waals surface area contributed by atoms with Gasteiger partial charge in [0.1, 0.15) is 0 Å². The predicted octanol–water partition coefficient (Wildman–Crippen LogP) is 6.95. The molecule has 0 spiro atoms. The van der Waals surface area contributed by atoms with Crippen molar-refractivity contribution in [3.63, 3.8) is 0 Å². The van der Waals surface area contributed by atoms with Gasteiger partial charge in [-0.2, -0.15) is 4.98 Å². The fourth-order valence-corrected chi connectivity index (χ4v) is 5.35. The maximum absolute atomic E-state index is 12.8. The van der Waals surface area contributed by atoms with Gasteiger partial charge in [-0.05, 0) is 48.6 Å². The van der Waals surface area contributed by atoms with Gasteiger partial charge in [0, 0.05) is 29.7 Å². The summed E-state index contributed by atoms with van der Waals surface area (Å²) >= 11 is 0. The molecule has 0 aliphatic heterocycles. The van der Waals surface area contributed by atoms with Crippen molar-refractivity contribution >= 4 is 23.3 Å². The lowest BCUT2D eigenvalue weighted by molar-refractivity contribution is -0.148. The number of fused-ring (bicyclic) bond motifs is 1. The van der Waals surface area contributed by atoms with Gasteiger partial charge in [0.05, 0.1) is 6.54 Å². The molecule has 1 N–H and O–H groups in total. The average molecular weight is 546 g/mol. The summed E-state index contributed by atoms with van der Waals surface area (Å²) in [5.74, 6) is -1.51. The van der Waals surface area contributed by atoms with E-state index in [2.05, 4.69) is 17.1 Å². The molecule has 212 valence electrons. The van der Waals surface area contributed by atoms with Crippen LogP contribution in [-0.2, 0) is 29.0 Å². The van der Waals surface area contributed by atoms with Crippen LogP contribution in [0.1, 0.15) is 105 Å². The second-order valence-electron chi connectivity index (χ2n) is 10.6. The molecule has 1 aromatic heterocycles. The van der Waals surface area contributed by atoms with Gasteiger partial charge in [0.25, 0.3) is 5.89 Å². The molecule has 0 bridgehead atoms. The highest BCUT2D eigenvalue weighted by Crippen LogP contribution is 2.32. The number of amides is 1. The summed E-state index contributed by atoms with van der Waals surface area (Å²) in [6.45, 7) is 2.27. The summed E-state index contributed by atoms with van der Waals surface area (Å²) in [6.07, 6.45) is 13.8. The lowest BCUT2D eigenvalue weighted by atomic mass is 9.89. The first-order chi connectivity index (χ1) is 19.5. The summed E-state index contributed by atoms with van der Waals surface area (Å²) < 4.78 is 5.53. The van der Waals surface area contributed by atoms with Crippen molar-refractivity contribution < 1.29 is 24.0 Å². The second-order valence-corrected chi connectivity index (χ2v) is 10.6. The van der Waals surface area contributed by atoms with Gasteiger partial charge in [-0.3, -0.25) is 14.5 Å². The van der Waals surface area contributed by atoms with Gasteiger partial charge in [-0.1, -0.05) is 87.7 Å². The number of hydrogen-bond donors (Lipinski definition) is 1. The van der Waals surface area contributed by atoms with Crippen LogP contribution in [0.15, 0.2) is 47.0 Å². The summed E-state index contributed by atoms with van der Waals surface area (Å²) in [7, 11) is 0. The van der Waals surface area contributed by atoms with Crippen molar-refractivity contribution in [2.45, 2.75) is 96.9 Å². The molecule has 1 heterocycles. The quantitative estimate of drug-likeness (QED) is 0.172. The lowest BCUT2D eigenvalue weighted by Gasteiger charge is -2.27. The van der Waals surface area contributed by atoms with Crippen LogP contribution in [0.3, 0.4) is 0 Å². The van der Waals surface area contributed by atoms with E-state index in [1.807, 2.05) is 24.3 Å². The van der Waals surface area contributed by atoms with E-state index in [1.54, 1.807) is 18.2 Å². The van der Waals surface area contributed by atoms with Gasteiger partial charge in [0.15, 0.2) is 11.6 Å². The molecule has 0 fully saturated rings. The van der Waals surface area contributed by atoms with Gasteiger partial charge in [0.2, 0.25) is 0 Å². The maximum Gasteiger partial charge on any atom is 0.394 e. The molecular weight excluding hydrogens is 506 g/mol. The van der Waals surface area contributed by atoms with Crippen LogP contribution in [0.5, 0.6) is 0 Å². The van der Waals surface area contributed by atoms with E-state index in [9.17, 15) is 19.5 Å². The number of benzene rings is 2. The molecule has 4 rings (SSSR count). The van der Waals surface area contributed by atoms with Crippen molar-refractivity contribution in [2.24, 2.45) is 0 Å². The Morgan fingerprint density at radius 3 is 2.42 bits per heavy atom. The third-order valence-electron chi connectivity index (χ3n) is 7.49. The van der Waals surface area contributed by atoms with E-state index in [4.69, 9.17) is 4.52 Å². The van der Waals surface area contributed by atoms with E-state index in [-0.39, 0.29) is 12.3 Å². The van der Waals surface area contributed by atoms with Crippen molar-refractivity contribution in [3.8, 4) is 11.5 Å². The number of unbranched alkanes of at least 4 members (excludes halogenated alkanes) is 8. The number of ketones is 1. The first-order valence-electron chi connectivity index (χ1n) is 14.6. The number of carbonyl (C=O) groups excluding carboxylic acids is 2. The van der Waals surface area contributed by atoms with E-state index in [0.717, 1.165) is 24.8 Å². The van der Waals surface area contributed by atoms with Crippen LogP contribution in [0.2, 0.25) is 0 Å². The van der Waals surface area contributed by atoms with E-state index >= 15 is 0 Å². The Hall–Kier alpha value is -3.81. The minimum atomic E-state index is -1.55. The smallest absolute Gasteiger partial charge is 0.394 e. The van der Waals surface area contributed by atoms with Gasteiger partial charge >= 0.3 is 11.9 Å². The number of hydrogen-bond acceptors (Lipinski definition) is 6. The third-order valence-corrected chi connectivity index (χ3v) is 7.49. The minimum Gasteiger partial charge on any atom is -0.474 e. The first kappa shape index (κ1) is 29.2. The van der Waals surface area contributed by atoms with E-state index in [1.165, 1.54) is 49.8 Å². The largest absolute Gasteiger partial charge is 0.474 e. The molecule has 1 amide bonds. The Bertz CT molecular complexity index is 1320. The van der Waals surface area contributed by atoms with Crippen molar-refractivity contribution in [1.82, 2.24) is 10.1 Å². The summed E-state index contributed by atoms with van der Waals surface area (Å²) in [4.78, 5) is 42.8. The normalized spacial score (nSPS) is 12.8. The fourth-order valence-electron chi connectivity index (χ4n) is 5.35. The molecule has 3 aromatic rings. The highest BCUT2D eigenvalue weighted by Gasteiger charge is 2.28. The molecule has 0 radical (unpaired) electrons. The van der Waals surface area contributed by atoms with E-state index < -0.39 is 11.9 Å². The number of aromatic nitrogens is 2. The molecular formula is C32H39N3O5. The molecule has 0 saturated heterocycles. The number of rotatable bonds is 14. The number of Topliss-reactive ketones (excluding diaryl/α,β-unsaturated/α-hetero) is 1. The molecule has 40 heavy (non-hydrogen) atoms. The standard InChI is InChI=1S/C32H39N3O5/c1-2-3-4-5-6-7-8-9-10-20-29-33-30(40-34-29)24-15-11-14-23(21-24)22-35(31(37)32(38)39)27-18-12-17-26-25(27)16-13-19-28(26)36/h11-12,14-15,17-18,21H,2-10,13,16,19-20,22H2,1H3,(H,38,39). The molecule has 0 atom stereocenters. The Morgan fingerprint density at radius 2 is 1.68 bits per heavy atom. The van der Waals surface area contributed by atoms with Crippen LogP contribution < -0.4 is 4.90 Å². The number of carboxylic acid groups (broad SMARTS) is 1. The number of carbonyl (C=O) groups is 3. The molecule has 8 heteroatoms. The molecule has 0 unspecified atom stereocenters. The van der Waals surface area contributed by atoms with Crippen LogP contribution >= 0.6 is 0 Å². The number of anilines is 1. The van der Waals surface area contributed by atoms with Crippen LogP contribution in [0.25, 0.3) is 11.5 Å². The van der Waals surface area contributed by atoms with Crippen molar-refractivity contribution in [2.75, 3.05) is 4.90 Å². The van der Waals surface area contributed by atoms with Gasteiger partial charge in [-0.25, -0.2) is 4.79 Å². The van der Waals surface area contributed by atoms with Crippen molar-refractivity contribution in [1.29, 1.82) is 0 Å². The zero-order chi connectivity index (χ0) is 28.3. The Morgan fingerprint density at radius 1 is 0.950 bits per heavy atom. The minimum absolute atomic E-state index is 0.0161. The summed E-state index contributed by atoms with van der Waals surface area (Å²) in [5.41, 5.74) is 3.17. The molecule has 2 aromatic carbocycles. The van der Waals surface area contributed by atoms with Crippen LogP contribution in [-0.4, -0.2) is 32.9 Å². The highest BCUT2D eigenvalue weighted by molar-refractivity contribution is 6.37. The molecule has 1 aliphatic rings. The summed E-state index contributed by atoms with van der Waals surface area (Å²) in [5, 5.41) is 13.7. The topological polar surface area (TPSA) is 114 Å². The molecule has 0 saturated carbocycles. The van der Waals surface area contributed by atoms with Gasteiger partial charge in [-0.15, -0.1) is 0 Å². The number of aliphatic carboxylic acids is 1. The zero-order valence-electron chi connectivity index (χ0n) is 23.4. The predicted molar refractivity (Wildman–Crippen MR) is 153 cm³/mol. The van der Waals surface area contributed by atoms with Crippen LogP contribution in [0, 0.1) is 0 Å². The molecule has 1 aliphatic carbocycles. The Kier molecular flexibility index (Phi) is 10.6. The SMILES string of the molecule is CCCCCCCCCCCc1noc(-c2cccc(CN(C(=O)C(=O)O)c3cccc4c3CCCC4=O)c2)n1. The Balaban J connectivity index is 1.41. The lowest BCUT2D eigenvalue weighted by Crippen LogP contribution is -2.37. The second kappa shape index (κ2) is 14.5. The average Bonchev–Trinajstić information content (AvgIpc) is 3.44.